The molecule has 0 aliphatic carbocycles. The Morgan fingerprint density at radius 3 is 2.59 bits per heavy atom. The smallest absolute Gasteiger partial charge is 0.250 e. The Balaban J connectivity index is 1.57. The summed E-state index contributed by atoms with van der Waals surface area (Å²) in [5, 5.41) is 8.58. The van der Waals surface area contributed by atoms with Gasteiger partial charge in [-0.05, 0) is 55.3 Å². The highest BCUT2D eigenvalue weighted by molar-refractivity contribution is 8.04. The van der Waals surface area contributed by atoms with E-state index >= 15 is 0 Å². The summed E-state index contributed by atoms with van der Waals surface area (Å²) < 4.78 is 0. The first-order valence-electron chi connectivity index (χ1n) is 8.93. The third-order valence-electron chi connectivity index (χ3n) is 4.22. The van der Waals surface area contributed by atoms with Crippen LogP contribution in [0.15, 0.2) is 53.6 Å². The van der Waals surface area contributed by atoms with E-state index in [1.165, 1.54) is 6.08 Å². The van der Waals surface area contributed by atoms with Gasteiger partial charge in [0.2, 0.25) is 11.8 Å². The number of carbonyl (C=O) groups excluding carboxylic acids is 3. The van der Waals surface area contributed by atoms with Crippen molar-refractivity contribution in [2.24, 2.45) is 0 Å². The molecule has 8 heteroatoms. The Bertz CT molecular complexity index is 989. The van der Waals surface area contributed by atoms with Crippen molar-refractivity contribution in [3.63, 3.8) is 0 Å². The minimum absolute atomic E-state index is 0.0139. The van der Waals surface area contributed by atoms with Crippen LogP contribution in [-0.2, 0) is 14.4 Å². The number of carbonyl (C=O) groups is 3. The normalized spacial score (nSPS) is 17.1. The van der Waals surface area contributed by atoms with E-state index in [4.69, 9.17) is 11.6 Å². The summed E-state index contributed by atoms with van der Waals surface area (Å²) in [4.78, 5) is 36.7. The van der Waals surface area contributed by atoms with Gasteiger partial charge in [0.15, 0.2) is 0 Å². The lowest BCUT2D eigenvalue weighted by molar-refractivity contribution is -0.122. The quantitative estimate of drug-likeness (QED) is 0.627. The van der Waals surface area contributed by atoms with Crippen LogP contribution < -0.4 is 16.0 Å². The number of nitrogens with one attached hydrogen (secondary N) is 3. The van der Waals surface area contributed by atoms with Crippen molar-refractivity contribution in [1.82, 2.24) is 5.32 Å². The molecule has 0 saturated carbocycles. The molecule has 0 aromatic heterocycles. The predicted octanol–water partition coefficient (Wildman–Crippen LogP) is 4.00. The second-order valence-corrected chi connectivity index (χ2v) is 8.35. The Kier molecular flexibility index (Phi) is 6.61. The van der Waals surface area contributed by atoms with Gasteiger partial charge in [0.25, 0.3) is 5.91 Å². The zero-order valence-electron chi connectivity index (χ0n) is 15.9. The fourth-order valence-corrected chi connectivity index (χ4v) is 3.88. The average molecular weight is 430 g/mol. The Morgan fingerprint density at radius 1 is 1.14 bits per heavy atom. The molecule has 1 aliphatic rings. The van der Waals surface area contributed by atoms with Crippen LogP contribution in [0.3, 0.4) is 0 Å². The summed E-state index contributed by atoms with van der Waals surface area (Å²) in [6, 6.07) is 12.5. The lowest BCUT2D eigenvalue weighted by Crippen LogP contribution is -2.27. The second kappa shape index (κ2) is 9.15. The van der Waals surface area contributed by atoms with Crippen molar-refractivity contribution in [3.8, 4) is 0 Å². The number of thioether (sulfide) groups is 1. The maximum atomic E-state index is 12.4. The zero-order valence-corrected chi connectivity index (χ0v) is 17.5. The van der Waals surface area contributed by atoms with Gasteiger partial charge in [0, 0.05) is 28.9 Å². The van der Waals surface area contributed by atoms with Crippen LogP contribution in [0.4, 0.5) is 11.4 Å². The number of rotatable bonds is 5. The number of halogens is 1. The molecule has 0 bridgehead atoms. The van der Waals surface area contributed by atoms with E-state index in [9.17, 15) is 14.4 Å². The van der Waals surface area contributed by atoms with Crippen LogP contribution in [0, 0.1) is 13.8 Å². The summed E-state index contributed by atoms with van der Waals surface area (Å²) in [6.07, 6.45) is 1.32. The van der Waals surface area contributed by atoms with Crippen LogP contribution >= 0.6 is 23.4 Å². The van der Waals surface area contributed by atoms with Gasteiger partial charge in [-0.3, -0.25) is 14.4 Å². The molecule has 29 heavy (non-hydrogen) atoms. The van der Waals surface area contributed by atoms with E-state index in [1.807, 2.05) is 32.0 Å². The maximum absolute atomic E-state index is 12.4. The number of amides is 3. The molecule has 150 valence electrons. The number of benzene rings is 2. The van der Waals surface area contributed by atoms with Crippen LogP contribution in [0.5, 0.6) is 0 Å². The lowest BCUT2D eigenvalue weighted by atomic mass is 10.1. The van der Waals surface area contributed by atoms with Gasteiger partial charge >= 0.3 is 0 Å². The molecular formula is C21H20ClN3O3S. The zero-order chi connectivity index (χ0) is 21.0. The molecule has 1 fully saturated rings. The largest absolute Gasteiger partial charge is 0.326 e. The minimum atomic E-state index is -0.588. The van der Waals surface area contributed by atoms with Gasteiger partial charge in [0.1, 0.15) is 0 Å². The molecule has 0 unspecified atom stereocenters. The highest BCUT2D eigenvalue weighted by atomic mass is 35.5. The molecule has 1 aliphatic heterocycles. The number of hydrogen-bond acceptors (Lipinski definition) is 4. The van der Waals surface area contributed by atoms with E-state index in [-0.39, 0.29) is 24.1 Å². The van der Waals surface area contributed by atoms with Gasteiger partial charge in [-0.1, -0.05) is 35.5 Å². The molecule has 0 radical (unpaired) electrons. The van der Waals surface area contributed by atoms with Crippen LogP contribution in [0.25, 0.3) is 0 Å². The molecule has 1 saturated heterocycles. The van der Waals surface area contributed by atoms with Gasteiger partial charge < -0.3 is 16.0 Å². The van der Waals surface area contributed by atoms with E-state index in [0.29, 0.717) is 15.7 Å². The maximum Gasteiger partial charge on any atom is 0.250 e. The topological polar surface area (TPSA) is 87.3 Å². The van der Waals surface area contributed by atoms with Gasteiger partial charge in [0.05, 0.1) is 10.3 Å². The first kappa shape index (κ1) is 21.0. The summed E-state index contributed by atoms with van der Waals surface area (Å²) in [6.45, 7) is 3.85. The molecule has 3 rings (SSSR count). The fourth-order valence-electron chi connectivity index (χ4n) is 2.71. The number of hydrogen-bond donors (Lipinski definition) is 3. The molecular weight excluding hydrogens is 410 g/mol. The summed E-state index contributed by atoms with van der Waals surface area (Å²) in [5.74, 6) is -0.925. The van der Waals surface area contributed by atoms with Crippen molar-refractivity contribution in [2.45, 2.75) is 25.5 Å². The summed E-state index contributed by atoms with van der Waals surface area (Å²) in [5.41, 5.74) is 3.31. The standard InChI is InChI=1S/C21H20ClN3O3S/c1-12-3-4-13(2)16(9-12)24-18(26)10-17-21(28)25-20(29-17)11-19(27)23-15-7-5-14(22)6-8-15/h3-9,11,17H,10H2,1-2H3,(H,23,27)(H,24,26)(H,25,28)/t17-/m0/s1. The van der Waals surface area contributed by atoms with Crippen molar-refractivity contribution >= 4 is 52.5 Å². The lowest BCUT2D eigenvalue weighted by Gasteiger charge is -2.10. The van der Waals surface area contributed by atoms with Crippen LogP contribution in [0.1, 0.15) is 17.5 Å². The molecule has 6 nitrogen and oxygen atoms in total. The van der Waals surface area contributed by atoms with Crippen molar-refractivity contribution in [3.05, 3.63) is 69.7 Å². The Hall–Kier alpha value is -2.77. The van der Waals surface area contributed by atoms with Gasteiger partial charge in [-0.25, -0.2) is 0 Å². The minimum Gasteiger partial charge on any atom is -0.326 e. The van der Waals surface area contributed by atoms with E-state index in [2.05, 4.69) is 16.0 Å². The molecule has 2 aromatic carbocycles. The third kappa shape index (κ3) is 5.85. The average Bonchev–Trinajstić information content (AvgIpc) is 2.98. The molecule has 0 spiro atoms. The van der Waals surface area contributed by atoms with Gasteiger partial charge in [-0.15, -0.1) is 0 Å². The van der Waals surface area contributed by atoms with Gasteiger partial charge in [-0.2, -0.15) is 0 Å². The highest BCUT2D eigenvalue weighted by Gasteiger charge is 2.31. The van der Waals surface area contributed by atoms with Crippen LogP contribution in [0.2, 0.25) is 5.02 Å². The summed E-state index contributed by atoms with van der Waals surface area (Å²) >= 11 is 6.98. The highest BCUT2D eigenvalue weighted by Crippen LogP contribution is 2.29. The molecule has 1 heterocycles. The molecule has 2 aromatic rings. The van der Waals surface area contributed by atoms with E-state index in [1.54, 1.807) is 24.3 Å². The monoisotopic (exact) mass is 429 g/mol. The van der Waals surface area contributed by atoms with Crippen molar-refractivity contribution in [1.29, 1.82) is 0 Å². The number of anilines is 2. The number of aryl methyl sites for hydroxylation is 2. The second-order valence-electron chi connectivity index (χ2n) is 6.67. The van der Waals surface area contributed by atoms with Crippen LogP contribution in [-0.4, -0.2) is 23.0 Å². The molecule has 3 amide bonds. The first-order chi connectivity index (χ1) is 13.8. The summed E-state index contributed by atoms with van der Waals surface area (Å²) in [7, 11) is 0. The molecule has 3 N–H and O–H groups in total. The SMILES string of the molecule is Cc1ccc(C)c(NC(=O)C[C@@H]2SC(=CC(=O)Nc3ccc(Cl)cc3)NC2=O)c1. The van der Waals surface area contributed by atoms with Crippen molar-refractivity contribution in [2.75, 3.05) is 10.6 Å². The van der Waals surface area contributed by atoms with E-state index in [0.717, 1.165) is 28.6 Å². The Labute approximate surface area is 178 Å². The van der Waals surface area contributed by atoms with E-state index < -0.39 is 5.25 Å². The predicted molar refractivity (Wildman–Crippen MR) is 117 cm³/mol. The van der Waals surface area contributed by atoms with Crippen molar-refractivity contribution < 1.29 is 14.4 Å². The fraction of sp³-hybridized carbons (Fsp3) is 0.190. The first-order valence-corrected chi connectivity index (χ1v) is 10.2. The Morgan fingerprint density at radius 2 is 1.86 bits per heavy atom. The molecule has 1 atom stereocenters. The third-order valence-corrected chi connectivity index (χ3v) is 5.61.